The Labute approximate surface area is 131 Å². The van der Waals surface area contributed by atoms with E-state index in [0.717, 1.165) is 6.54 Å². The number of hydrogen-bond donors (Lipinski definition) is 1. The van der Waals surface area contributed by atoms with Gasteiger partial charge in [-0.2, -0.15) is 0 Å². The molecule has 1 aromatic heterocycles. The Bertz CT molecular complexity index is 337. The van der Waals surface area contributed by atoms with Crippen LogP contribution in [0.25, 0.3) is 0 Å². The zero-order chi connectivity index (χ0) is 15.3. The van der Waals surface area contributed by atoms with Gasteiger partial charge in [-0.3, -0.25) is 4.98 Å². The fourth-order valence-corrected chi connectivity index (χ4v) is 2.85. The number of hydrogen-bond acceptors (Lipinski definition) is 2. The van der Waals surface area contributed by atoms with E-state index in [-0.39, 0.29) is 0 Å². The highest BCUT2D eigenvalue weighted by Gasteiger charge is 2.18. The van der Waals surface area contributed by atoms with Crippen LogP contribution in [-0.2, 0) is 0 Å². The van der Waals surface area contributed by atoms with Crippen LogP contribution >= 0.6 is 0 Å². The lowest BCUT2D eigenvalue weighted by molar-refractivity contribution is 0.401. The highest BCUT2D eigenvalue weighted by atomic mass is 14.9. The van der Waals surface area contributed by atoms with Crippen LogP contribution in [-0.4, -0.2) is 17.6 Å². The maximum Gasteiger partial charge on any atom is 0.0447 e. The van der Waals surface area contributed by atoms with Gasteiger partial charge in [0, 0.05) is 23.9 Å². The fourth-order valence-electron chi connectivity index (χ4n) is 2.85. The van der Waals surface area contributed by atoms with E-state index in [1.54, 1.807) is 0 Å². The molecule has 0 bridgehead atoms. The van der Waals surface area contributed by atoms with Crippen LogP contribution in [0, 0.1) is 0 Å². The highest BCUT2D eigenvalue weighted by molar-refractivity contribution is 5.11. The summed E-state index contributed by atoms with van der Waals surface area (Å²) >= 11 is 0. The van der Waals surface area contributed by atoms with Crippen molar-refractivity contribution < 1.29 is 0 Å². The third kappa shape index (κ3) is 7.61. The van der Waals surface area contributed by atoms with E-state index in [1.165, 1.54) is 57.1 Å². The summed E-state index contributed by atoms with van der Waals surface area (Å²) in [6, 6.07) is 6.82. The molecule has 0 saturated heterocycles. The average Bonchev–Trinajstić information content (AvgIpc) is 2.53. The van der Waals surface area contributed by atoms with Crippen molar-refractivity contribution in [3.8, 4) is 0 Å². The quantitative estimate of drug-likeness (QED) is 0.528. The summed E-state index contributed by atoms with van der Waals surface area (Å²) in [5, 5.41) is 3.73. The zero-order valence-electron chi connectivity index (χ0n) is 14.3. The number of nitrogens with zero attached hydrogens (tertiary/aromatic N) is 1. The Kier molecular flexibility index (Phi) is 10.1. The van der Waals surface area contributed by atoms with Crippen LogP contribution in [0.4, 0.5) is 0 Å². The first kappa shape index (κ1) is 18.2. The van der Waals surface area contributed by atoms with Gasteiger partial charge >= 0.3 is 0 Å². The molecule has 0 aliphatic carbocycles. The van der Waals surface area contributed by atoms with Crippen LogP contribution in [0.1, 0.15) is 83.7 Å². The van der Waals surface area contributed by atoms with Gasteiger partial charge in [-0.1, -0.05) is 65.4 Å². The maximum atomic E-state index is 4.54. The molecule has 2 unspecified atom stereocenters. The minimum absolute atomic E-state index is 0.494. The Morgan fingerprint density at radius 2 is 1.76 bits per heavy atom. The van der Waals surface area contributed by atoms with E-state index in [2.05, 4.69) is 43.2 Å². The first-order chi connectivity index (χ1) is 10.3. The van der Waals surface area contributed by atoms with E-state index in [1.807, 2.05) is 12.3 Å². The van der Waals surface area contributed by atoms with Crippen molar-refractivity contribution >= 4 is 0 Å². The molecule has 2 nitrogen and oxygen atoms in total. The van der Waals surface area contributed by atoms with Gasteiger partial charge in [0.05, 0.1) is 0 Å². The van der Waals surface area contributed by atoms with Crippen molar-refractivity contribution in [1.82, 2.24) is 10.3 Å². The second kappa shape index (κ2) is 11.7. The first-order valence-corrected chi connectivity index (χ1v) is 8.93. The predicted molar refractivity (Wildman–Crippen MR) is 92.7 cm³/mol. The molecule has 1 heterocycles. The molecule has 1 aromatic rings. The van der Waals surface area contributed by atoms with Gasteiger partial charge in [0.2, 0.25) is 0 Å². The van der Waals surface area contributed by atoms with E-state index < -0.39 is 0 Å². The lowest BCUT2D eigenvalue weighted by Gasteiger charge is -2.25. The van der Waals surface area contributed by atoms with Gasteiger partial charge < -0.3 is 5.32 Å². The summed E-state index contributed by atoms with van der Waals surface area (Å²) in [5.74, 6) is 0.494. The molecular formula is C19H34N2. The van der Waals surface area contributed by atoms with Gasteiger partial charge in [0.25, 0.3) is 0 Å². The first-order valence-electron chi connectivity index (χ1n) is 8.93. The minimum atomic E-state index is 0.494. The van der Waals surface area contributed by atoms with Gasteiger partial charge in [0.15, 0.2) is 0 Å². The molecule has 0 amide bonds. The van der Waals surface area contributed by atoms with E-state index in [9.17, 15) is 0 Å². The molecule has 0 radical (unpaired) electrons. The Balaban J connectivity index is 2.40. The lowest BCUT2D eigenvalue weighted by Crippen LogP contribution is -2.34. The van der Waals surface area contributed by atoms with Crippen molar-refractivity contribution in [1.29, 1.82) is 0 Å². The number of pyridine rings is 1. The minimum Gasteiger partial charge on any atom is -0.313 e. The molecular weight excluding hydrogens is 256 g/mol. The smallest absolute Gasteiger partial charge is 0.0447 e. The fraction of sp³-hybridized carbons (Fsp3) is 0.737. The van der Waals surface area contributed by atoms with Crippen LogP contribution < -0.4 is 5.32 Å². The molecule has 21 heavy (non-hydrogen) atoms. The van der Waals surface area contributed by atoms with Gasteiger partial charge in [-0.05, 0) is 31.5 Å². The molecule has 0 saturated carbocycles. The van der Waals surface area contributed by atoms with Crippen LogP contribution in [0.3, 0.4) is 0 Å². The molecule has 0 aromatic carbocycles. The molecule has 120 valence electrons. The van der Waals surface area contributed by atoms with Gasteiger partial charge in [0.1, 0.15) is 0 Å². The normalized spacial score (nSPS) is 14.0. The average molecular weight is 290 g/mol. The Hall–Kier alpha value is -0.890. The Morgan fingerprint density at radius 3 is 2.43 bits per heavy atom. The molecule has 1 N–H and O–H groups in total. The summed E-state index contributed by atoms with van der Waals surface area (Å²) in [6.07, 6.45) is 12.6. The predicted octanol–water partition coefficient (Wildman–Crippen LogP) is 5.30. The summed E-state index contributed by atoms with van der Waals surface area (Å²) < 4.78 is 0. The summed E-state index contributed by atoms with van der Waals surface area (Å²) in [6.45, 7) is 7.93. The van der Waals surface area contributed by atoms with E-state index >= 15 is 0 Å². The molecule has 0 aliphatic heterocycles. The van der Waals surface area contributed by atoms with Gasteiger partial charge in [-0.25, -0.2) is 0 Å². The molecule has 0 spiro atoms. The largest absolute Gasteiger partial charge is 0.313 e. The number of rotatable bonds is 12. The molecule has 2 atom stereocenters. The zero-order valence-corrected chi connectivity index (χ0v) is 14.3. The van der Waals surface area contributed by atoms with Crippen molar-refractivity contribution in [3.05, 3.63) is 30.1 Å². The monoisotopic (exact) mass is 290 g/mol. The van der Waals surface area contributed by atoms with Crippen molar-refractivity contribution in [2.24, 2.45) is 0 Å². The standard InChI is InChI=1S/C19H34N2/c1-4-6-7-8-9-10-13-18(20-15-5-2)17(3)19-14-11-12-16-21-19/h11-12,14,16-18,20H,4-10,13,15H2,1-3H3. The number of nitrogens with one attached hydrogen (secondary N) is 1. The molecule has 2 heteroatoms. The lowest BCUT2D eigenvalue weighted by atomic mass is 9.92. The summed E-state index contributed by atoms with van der Waals surface area (Å²) in [4.78, 5) is 4.54. The topological polar surface area (TPSA) is 24.9 Å². The van der Waals surface area contributed by atoms with Crippen molar-refractivity contribution in [3.63, 3.8) is 0 Å². The van der Waals surface area contributed by atoms with Crippen LogP contribution in [0.2, 0.25) is 0 Å². The summed E-state index contributed by atoms with van der Waals surface area (Å²) in [7, 11) is 0. The third-order valence-corrected chi connectivity index (χ3v) is 4.28. The number of unbranched alkanes of at least 4 members (excludes halogenated alkanes) is 5. The Morgan fingerprint density at radius 1 is 1.00 bits per heavy atom. The highest BCUT2D eigenvalue weighted by Crippen LogP contribution is 2.21. The summed E-state index contributed by atoms with van der Waals surface area (Å²) in [5.41, 5.74) is 1.22. The molecule has 1 rings (SSSR count). The third-order valence-electron chi connectivity index (χ3n) is 4.28. The van der Waals surface area contributed by atoms with Gasteiger partial charge in [-0.15, -0.1) is 0 Å². The second-order valence-electron chi connectivity index (χ2n) is 6.16. The van der Waals surface area contributed by atoms with Crippen molar-refractivity contribution in [2.45, 2.75) is 84.1 Å². The van der Waals surface area contributed by atoms with E-state index in [4.69, 9.17) is 0 Å². The number of aromatic nitrogens is 1. The molecule has 0 fully saturated rings. The molecule has 0 aliphatic rings. The second-order valence-corrected chi connectivity index (χ2v) is 6.16. The van der Waals surface area contributed by atoms with Crippen molar-refractivity contribution in [2.75, 3.05) is 6.54 Å². The maximum absolute atomic E-state index is 4.54. The van der Waals surface area contributed by atoms with Crippen LogP contribution in [0.5, 0.6) is 0 Å². The van der Waals surface area contributed by atoms with Crippen LogP contribution in [0.15, 0.2) is 24.4 Å². The SMILES string of the molecule is CCCCCCCCC(NCCC)C(C)c1ccccn1. The van der Waals surface area contributed by atoms with E-state index in [0.29, 0.717) is 12.0 Å².